The standard InChI is InChI=1S/C23H21F3N4O/c1-15-13-28-20-6-5-19(17-3-2-4-18(12-17)23(24,25)26)29-22(20)30(14-15)21(31)11-16-7-9-27-10-8-16/h2-10,12,15,28H,11,13-14H2,1H3. The fourth-order valence-corrected chi connectivity index (χ4v) is 3.55. The van der Waals surface area contributed by atoms with Crippen LogP contribution in [0.25, 0.3) is 11.3 Å². The molecule has 1 aromatic carbocycles. The van der Waals surface area contributed by atoms with Crippen molar-refractivity contribution in [3.05, 3.63) is 72.1 Å². The smallest absolute Gasteiger partial charge is 0.382 e. The third-order valence-corrected chi connectivity index (χ3v) is 5.16. The van der Waals surface area contributed by atoms with E-state index in [0.717, 1.165) is 17.7 Å². The minimum Gasteiger partial charge on any atom is -0.382 e. The second kappa shape index (κ2) is 8.37. The zero-order valence-electron chi connectivity index (χ0n) is 16.9. The summed E-state index contributed by atoms with van der Waals surface area (Å²) >= 11 is 0. The predicted molar refractivity (Wildman–Crippen MR) is 113 cm³/mol. The molecule has 0 spiro atoms. The number of benzene rings is 1. The van der Waals surface area contributed by atoms with Crippen LogP contribution in [0.15, 0.2) is 60.9 Å². The van der Waals surface area contributed by atoms with Crippen molar-refractivity contribution >= 4 is 17.4 Å². The highest BCUT2D eigenvalue weighted by Crippen LogP contribution is 2.34. The van der Waals surface area contributed by atoms with Gasteiger partial charge in [0.25, 0.3) is 0 Å². The van der Waals surface area contributed by atoms with E-state index in [1.807, 2.05) is 6.92 Å². The second-order valence-corrected chi connectivity index (χ2v) is 7.67. The molecule has 1 amide bonds. The number of fused-ring (bicyclic) bond motifs is 1. The Morgan fingerprint density at radius 2 is 1.94 bits per heavy atom. The molecule has 1 unspecified atom stereocenters. The molecular formula is C23H21F3N4O. The summed E-state index contributed by atoms with van der Waals surface area (Å²) in [4.78, 5) is 23.4. The van der Waals surface area contributed by atoms with Gasteiger partial charge < -0.3 is 5.32 Å². The van der Waals surface area contributed by atoms with Crippen LogP contribution in [0.2, 0.25) is 0 Å². The summed E-state index contributed by atoms with van der Waals surface area (Å²) in [6.45, 7) is 3.15. The summed E-state index contributed by atoms with van der Waals surface area (Å²) in [5.41, 5.74) is 1.50. The number of alkyl halides is 3. The number of anilines is 2. The van der Waals surface area contributed by atoms with E-state index in [4.69, 9.17) is 0 Å². The maximum Gasteiger partial charge on any atom is 0.416 e. The number of aromatic nitrogens is 2. The predicted octanol–water partition coefficient (Wildman–Crippen LogP) is 4.80. The molecule has 1 N–H and O–H groups in total. The molecule has 8 heteroatoms. The van der Waals surface area contributed by atoms with Gasteiger partial charge in [-0.25, -0.2) is 4.98 Å². The Morgan fingerprint density at radius 1 is 1.16 bits per heavy atom. The maximum atomic E-state index is 13.2. The zero-order chi connectivity index (χ0) is 22.0. The molecule has 31 heavy (non-hydrogen) atoms. The normalized spacial score (nSPS) is 16.3. The van der Waals surface area contributed by atoms with Crippen molar-refractivity contribution in [2.75, 3.05) is 23.3 Å². The van der Waals surface area contributed by atoms with Gasteiger partial charge in [0.1, 0.15) is 0 Å². The van der Waals surface area contributed by atoms with Crippen LogP contribution in [0.4, 0.5) is 24.7 Å². The van der Waals surface area contributed by atoms with E-state index in [2.05, 4.69) is 15.3 Å². The summed E-state index contributed by atoms with van der Waals surface area (Å²) in [5, 5.41) is 3.29. The summed E-state index contributed by atoms with van der Waals surface area (Å²) in [7, 11) is 0. The molecule has 2 aromatic heterocycles. The molecule has 1 aliphatic rings. The summed E-state index contributed by atoms with van der Waals surface area (Å²) in [5.74, 6) is 0.475. The molecule has 160 valence electrons. The van der Waals surface area contributed by atoms with Crippen LogP contribution < -0.4 is 10.2 Å². The quantitative estimate of drug-likeness (QED) is 0.654. The highest BCUT2D eigenvalue weighted by molar-refractivity contribution is 5.97. The average molecular weight is 426 g/mol. The second-order valence-electron chi connectivity index (χ2n) is 7.67. The molecule has 0 bridgehead atoms. The lowest BCUT2D eigenvalue weighted by Crippen LogP contribution is -2.36. The Labute approximate surface area is 178 Å². The van der Waals surface area contributed by atoms with Crippen molar-refractivity contribution in [1.29, 1.82) is 0 Å². The van der Waals surface area contributed by atoms with E-state index < -0.39 is 11.7 Å². The van der Waals surface area contributed by atoms with Gasteiger partial charge in [-0.1, -0.05) is 19.1 Å². The number of hydrogen-bond donors (Lipinski definition) is 1. The van der Waals surface area contributed by atoms with Crippen LogP contribution in [0, 0.1) is 5.92 Å². The molecule has 1 atom stereocenters. The molecule has 0 saturated carbocycles. The fraction of sp³-hybridized carbons (Fsp3) is 0.261. The van der Waals surface area contributed by atoms with Gasteiger partial charge in [0.2, 0.25) is 5.91 Å². The van der Waals surface area contributed by atoms with Gasteiger partial charge in [-0.05, 0) is 47.9 Å². The van der Waals surface area contributed by atoms with Crippen LogP contribution in [-0.4, -0.2) is 29.0 Å². The molecular weight excluding hydrogens is 405 g/mol. The van der Waals surface area contributed by atoms with Crippen molar-refractivity contribution in [2.45, 2.75) is 19.5 Å². The van der Waals surface area contributed by atoms with Crippen LogP contribution >= 0.6 is 0 Å². The first-order valence-corrected chi connectivity index (χ1v) is 9.93. The van der Waals surface area contributed by atoms with E-state index in [0.29, 0.717) is 35.9 Å². The number of carbonyl (C=O) groups is 1. The van der Waals surface area contributed by atoms with E-state index in [-0.39, 0.29) is 18.2 Å². The number of nitrogens with zero attached hydrogens (tertiary/aromatic N) is 3. The third kappa shape index (κ3) is 4.68. The Morgan fingerprint density at radius 3 is 2.68 bits per heavy atom. The molecule has 3 aromatic rings. The average Bonchev–Trinajstić information content (AvgIpc) is 2.92. The third-order valence-electron chi connectivity index (χ3n) is 5.16. The summed E-state index contributed by atoms with van der Waals surface area (Å²) in [6.07, 6.45) is -0.990. The first kappa shape index (κ1) is 20.8. The Bertz CT molecular complexity index is 1090. The van der Waals surface area contributed by atoms with E-state index in [1.54, 1.807) is 47.6 Å². The number of carbonyl (C=O) groups excluding carboxylic acids is 1. The lowest BCUT2D eigenvalue weighted by molar-refractivity contribution is -0.137. The zero-order valence-corrected chi connectivity index (χ0v) is 16.9. The molecule has 5 nitrogen and oxygen atoms in total. The van der Waals surface area contributed by atoms with Gasteiger partial charge >= 0.3 is 6.18 Å². The molecule has 1 aliphatic heterocycles. The number of pyridine rings is 2. The molecule has 0 fully saturated rings. The highest BCUT2D eigenvalue weighted by Gasteiger charge is 2.31. The highest BCUT2D eigenvalue weighted by atomic mass is 19.4. The van der Waals surface area contributed by atoms with Gasteiger partial charge in [-0.3, -0.25) is 14.7 Å². The number of amides is 1. The fourth-order valence-electron chi connectivity index (χ4n) is 3.55. The maximum absolute atomic E-state index is 13.2. The number of rotatable bonds is 3. The topological polar surface area (TPSA) is 58.1 Å². The van der Waals surface area contributed by atoms with Crippen LogP contribution in [-0.2, 0) is 17.4 Å². The first-order valence-electron chi connectivity index (χ1n) is 9.93. The van der Waals surface area contributed by atoms with Crippen LogP contribution in [0.5, 0.6) is 0 Å². The van der Waals surface area contributed by atoms with Crippen LogP contribution in [0.1, 0.15) is 18.1 Å². The molecule has 0 aliphatic carbocycles. The minimum atomic E-state index is -4.44. The largest absolute Gasteiger partial charge is 0.416 e. The van der Waals surface area contributed by atoms with Gasteiger partial charge in [0, 0.05) is 31.0 Å². The first-order chi connectivity index (χ1) is 14.8. The van der Waals surface area contributed by atoms with E-state index in [1.165, 1.54) is 6.07 Å². The monoisotopic (exact) mass is 426 g/mol. The lowest BCUT2D eigenvalue weighted by atomic mass is 10.1. The van der Waals surface area contributed by atoms with Crippen molar-refractivity contribution in [3.8, 4) is 11.3 Å². The van der Waals surface area contributed by atoms with Crippen molar-refractivity contribution in [2.24, 2.45) is 5.92 Å². The number of nitrogens with one attached hydrogen (secondary N) is 1. The van der Waals surface area contributed by atoms with Gasteiger partial charge in [0.15, 0.2) is 5.82 Å². The van der Waals surface area contributed by atoms with Crippen molar-refractivity contribution in [3.63, 3.8) is 0 Å². The van der Waals surface area contributed by atoms with Gasteiger partial charge in [-0.15, -0.1) is 0 Å². The summed E-state index contributed by atoms with van der Waals surface area (Å²) < 4.78 is 39.4. The molecule has 3 heterocycles. The summed E-state index contributed by atoms with van der Waals surface area (Å²) in [6, 6.07) is 12.0. The number of halogens is 3. The van der Waals surface area contributed by atoms with E-state index >= 15 is 0 Å². The SMILES string of the molecule is CC1CNc2ccc(-c3cccc(C(F)(F)F)c3)nc2N(C(=O)Cc2ccncc2)C1. The molecule has 0 saturated heterocycles. The minimum absolute atomic E-state index is 0.128. The van der Waals surface area contributed by atoms with Crippen molar-refractivity contribution < 1.29 is 18.0 Å². The lowest BCUT2D eigenvalue weighted by Gasteiger charge is -2.23. The Kier molecular flexibility index (Phi) is 5.63. The van der Waals surface area contributed by atoms with Crippen molar-refractivity contribution in [1.82, 2.24) is 9.97 Å². The van der Waals surface area contributed by atoms with E-state index in [9.17, 15) is 18.0 Å². The molecule has 4 rings (SSSR count). The Hall–Kier alpha value is -3.42. The van der Waals surface area contributed by atoms with Crippen LogP contribution in [0.3, 0.4) is 0 Å². The van der Waals surface area contributed by atoms with Gasteiger partial charge in [-0.2, -0.15) is 13.2 Å². The van der Waals surface area contributed by atoms with Gasteiger partial charge in [0.05, 0.1) is 23.4 Å². The number of hydrogen-bond acceptors (Lipinski definition) is 4. The molecule has 0 radical (unpaired) electrons. The Balaban J connectivity index is 1.71.